The molecule has 164 valence electrons. The van der Waals surface area contributed by atoms with Crippen molar-refractivity contribution in [2.45, 2.75) is 58.0 Å². The molecule has 1 N–H and O–H groups in total. The van der Waals surface area contributed by atoms with Gasteiger partial charge in [0.15, 0.2) is 0 Å². The Kier molecular flexibility index (Phi) is 9.32. The Balaban J connectivity index is 1.65. The minimum Gasteiger partial charge on any atom is -0.381 e. The van der Waals surface area contributed by atoms with Crippen LogP contribution in [0.3, 0.4) is 0 Å². The molecular formula is C25H34Cl2N2O. The first kappa shape index (κ1) is 23.4. The van der Waals surface area contributed by atoms with E-state index in [0.717, 1.165) is 67.7 Å². The van der Waals surface area contributed by atoms with Crippen molar-refractivity contribution in [2.24, 2.45) is 0 Å². The summed E-state index contributed by atoms with van der Waals surface area (Å²) in [5.41, 5.74) is 3.58. The molecular weight excluding hydrogens is 415 g/mol. The molecule has 0 aliphatic carbocycles. The highest BCUT2D eigenvalue weighted by Gasteiger charge is 2.30. The number of anilines is 1. The largest absolute Gasteiger partial charge is 0.381 e. The van der Waals surface area contributed by atoms with E-state index in [2.05, 4.69) is 54.4 Å². The molecule has 1 saturated heterocycles. The molecule has 2 unspecified atom stereocenters. The number of unbranched alkanes of at least 4 members (excludes halogenated alkanes) is 1. The normalized spacial score (nSPS) is 19.3. The summed E-state index contributed by atoms with van der Waals surface area (Å²) in [6, 6.07) is 15.4. The number of nitrogens with zero attached hydrogens (tertiary/aromatic N) is 1. The first-order valence-electron chi connectivity index (χ1n) is 11.2. The average molecular weight is 449 g/mol. The maximum absolute atomic E-state index is 6.64. The number of hydrogen-bond donors (Lipinski definition) is 1. The van der Waals surface area contributed by atoms with Crippen molar-refractivity contribution in [3.8, 4) is 0 Å². The monoisotopic (exact) mass is 448 g/mol. The third-order valence-electron chi connectivity index (χ3n) is 5.81. The highest BCUT2D eigenvalue weighted by atomic mass is 35.5. The van der Waals surface area contributed by atoms with E-state index in [1.165, 1.54) is 17.5 Å². The van der Waals surface area contributed by atoms with Crippen LogP contribution in [0.2, 0.25) is 10.0 Å². The molecule has 0 bridgehead atoms. The Hall–Kier alpha value is -1.26. The first-order chi connectivity index (χ1) is 14.6. The predicted molar refractivity (Wildman–Crippen MR) is 129 cm³/mol. The van der Waals surface area contributed by atoms with Gasteiger partial charge in [-0.2, -0.15) is 0 Å². The number of ether oxygens (including phenoxy) is 1. The molecule has 0 aromatic heterocycles. The van der Waals surface area contributed by atoms with Crippen molar-refractivity contribution in [3.05, 3.63) is 63.6 Å². The Labute approximate surface area is 191 Å². The fourth-order valence-electron chi connectivity index (χ4n) is 4.11. The van der Waals surface area contributed by atoms with E-state index in [9.17, 15) is 0 Å². The molecule has 1 heterocycles. The minimum atomic E-state index is 0.273. The van der Waals surface area contributed by atoms with Crippen molar-refractivity contribution in [1.82, 2.24) is 5.32 Å². The van der Waals surface area contributed by atoms with Crippen molar-refractivity contribution >= 4 is 28.9 Å². The quantitative estimate of drug-likeness (QED) is 0.404. The number of benzene rings is 2. The number of rotatable bonds is 10. The summed E-state index contributed by atoms with van der Waals surface area (Å²) in [4.78, 5) is 2.46. The molecule has 1 aliphatic rings. The van der Waals surface area contributed by atoms with E-state index in [-0.39, 0.29) is 6.04 Å². The van der Waals surface area contributed by atoms with Crippen LogP contribution in [0.25, 0.3) is 0 Å². The Morgan fingerprint density at radius 1 is 1.07 bits per heavy atom. The van der Waals surface area contributed by atoms with Crippen molar-refractivity contribution in [1.29, 1.82) is 0 Å². The zero-order chi connectivity index (χ0) is 21.3. The molecule has 5 heteroatoms. The number of halogens is 2. The molecule has 30 heavy (non-hydrogen) atoms. The van der Waals surface area contributed by atoms with Crippen LogP contribution in [-0.2, 0) is 4.74 Å². The van der Waals surface area contributed by atoms with Crippen molar-refractivity contribution < 1.29 is 4.74 Å². The van der Waals surface area contributed by atoms with Crippen LogP contribution in [0.15, 0.2) is 42.5 Å². The van der Waals surface area contributed by atoms with Crippen LogP contribution < -0.4 is 10.2 Å². The fraction of sp³-hybridized carbons (Fsp3) is 0.520. The van der Waals surface area contributed by atoms with Crippen LogP contribution >= 0.6 is 23.2 Å². The maximum Gasteiger partial charge on any atom is 0.0642 e. The Morgan fingerprint density at radius 2 is 1.83 bits per heavy atom. The zero-order valence-electron chi connectivity index (χ0n) is 18.2. The van der Waals surface area contributed by atoms with E-state index >= 15 is 0 Å². The molecule has 0 amide bonds. The van der Waals surface area contributed by atoms with E-state index in [4.69, 9.17) is 27.9 Å². The lowest BCUT2D eigenvalue weighted by Gasteiger charge is -2.42. The summed E-state index contributed by atoms with van der Waals surface area (Å²) in [7, 11) is 0. The molecule has 2 aromatic carbocycles. The van der Waals surface area contributed by atoms with Crippen LogP contribution in [-0.4, -0.2) is 32.3 Å². The zero-order valence-corrected chi connectivity index (χ0v) is 19.7. The van der Waals surface area contributed by atoms with Crippen LogP contribution in [0.4, 0.5) is 5.69 Å². The summed E-state index contributed by atoms with van der Waals surface area (Å²) >= 11 is 12.8. The van der Waals surface area contributed by atoms with Gasteiger partial charge >= 0.3 is 0 Å². The minimum absolute atomic E-state index is 0.273. The van der Waals surface area contributed by atoms with Gasteiger partial charge in [-0.1, -0.05) is 54.7 Å². The molecule has 3 nitrogen and oxygen atoms in total. The maximum atomic E-state index is 6.64. The lowest BCUT2D eigenvalue weighted by Crippen LogP contribution is -2.45. The highest BCUT2D eigenvalue weighted by Crippen LogP contribution is 2.39. The summed E-state index contributed by atoms with van der Waals surface area (Å²) < 4.78 is 5.69. The Bertz CT molecular complexity index is 781. The second kappa shape index (κ2) is 12.0. The van der Waals surface area contributed by atoms with E-state index < -0.39 is 0 Å². The summed E-state index contributed by atoms with van der Waals surface area (Å²) in [5.74, 6) is 0. The van der Waals surface area contributed by atoms with Crippen LogP contribution in [0.1, 0.15) is 56.2 Å². The highest BCUT2D eigenvalue weighted by molar-refractivity contribution is 6.33. The molecule has 1 aliphatic heterocycles. The average Bonchev–Trinajstić information content (AvgIpc) is 2.74. The number of piperidine rings is 1. The van der Waals surface area contributed by atoms with E-state index in [0.29, 0.717) is 6.04 Å². The lowest BCUT2D eigenvalue weighted by molar-refractivity contribution is 0.127. The van der Waals surface area contributed by atoms with Gasteiger partial charge in [0.05, 0.1) is 16.8 Å². The second-order valence-corrected chi connectivity index (χ2v) is 9.05. The molecule has 3 rings (SSSR count). The van der Waals surface area contributed by atoms with Gasteiger partial charge in [-0.05, 0) is 74.5 Å². The molecule has 0 saturated carbocycles. The third kappa shape index (κ3) is 6.62. The van der Waals surface area contributed by atoms with Crippen LogP contribution in [0, 0.1) is 6.92 Å². The molecule has 2 atom stereocenters. The SMILES string of the molecule is CCCCOCCCNC1CCN(c2ccc(C)cc2Cl)C(c2ccc(Cl)cc2)C1. The standard InChI is InChI=1S/C25H34Cl2N2O/c1-3-4-15-30-16-5-13-28-22-12-14-29(24-11-6-19(2)17-23(24)27)25(18-22)20-7-9-21(26)10-8-20/h6-11,17,22,25,28H,3-5,12-16,18H2,1-2H3. The molecule has 0 radical (unpaired) electrons. The van der Waals surface area contributed by atoms with Gasteiger partial charge in [-0.15, -0.1) is 0 Å². The van der Waals surface area contributed by atoms with Gasteiger partial charge in [0, 0.05) is 30.8 Å². The van der Waals surface area contributed by atoms with Crippen LogP contribution in [0.5, 0.6) is 0 Å². The smallest absolute Gasteiger partial charge is 0.0642 e. The Morgan fingerprint density at radius 3 is 2.57 bits per heavy atom. The lowest BCUT2D eigenvalue weighted by atomic mass is 9.91. The number of hydrogen-bond acceptors (Lipinski definition) is 3. The van der Waals surface area contributed by atoms with Gasteiger partial charge in [-0.25, -0.2) is 0 Å². The first-order valence-corrected chi connectivity index (χ1v) is 11.9. The van der Waals surface area contributed by atoms with Crippen molar-refractivity contribution in [2.75, 3.05) is 31.2 Å². The molecule has 2 aromatic rings. The summed E-state index contributed by atoms with van der Waals surface area (Å²) in [6.07, 6.45) is 5.54. The van der Waals surface area contributed by atoms with Crippen molar-refractivity contribution in [3.63, 3.8) is 0 Å². The van der Waals surface area contributed by atoms with Gasteiger partial charge in [0.2, 0.25) is 0 Å². The fourth-order valence-corrected chi connectivity index (χ4v) is 4.58. The molecule has 1 fully saturated rings. The van der Waals surface area contributed by atoms with Gasteiger partial charge < -0.3 is 15.0 Å². The van der Waals surface area contributed by atoms with Gasteiger partial charge in [-0.3, -0.25) is 0 Å². The topological polar surface area (TPSA) is 24.5 Å². The van der Waals surface area contributed by atoms with E-state index in [1.54, 1.807) is 0 Å². The number of nitrogens with one attached hydrogen (secondary N) is 1. The van der Waals surface area contributed by atoms with Gasteiger partial charge in [0.25, 0.3) is 0 Å². The predicted octanol–water partition coefficient (Wildman–Crippen LogP) is 6.81. The number of aryl methyl sites for hydroxylation is 1. The second-order valence-electron chi connectivity index (χ2n) is 8.21. The van der Waals surface area contributed by atoms with Gasteiger partial charge in [0.1, 0.15) is 0 Å². The summed E-state index contributed by atoms with van der Waals surface area (Å²) in [6.45, 7) is 7.96. The summed E-state index contributed by atoms with van der Waals surface area (Å²) in [5, 5.41) is 5.35. The molecule has 0 spiro atoms. The van der Waals surface area contributed by atoms with E-state index in [1.807, 2.05) is 12.1 Å². The third-order valence-corrected chi connectivity index (χ3v) is 6.37.